The molecule has 1 aliphatic heterocycles. The van der Waals surface area contributed by atoms with Crippen LogP contribution in [0.4, 0.5) is 39.5 Å². The Kier molecular flexibility index (Phi) is 13.6. The predicted octanol–water partition coefficient (Wildman–Crippen LogP) is 8.72. The molecule has 0 spiro atoms. The topological polar surface area (TPSA) is 18.5 Å². The first-order valence-corrected chi connectivity index (χ1v) is 12.2. The molecule has 1 aliphatic rings. The van der Waals surface area contributed by atoms with Gasteiger partial charge in [0.15, 0.2) is 0 Å². The Morgan fingerprint density at radius 3 is 1.65 bits per heavy atom. The van der Waals surface area contributed by atoms with Crippen LogP contribution in [0.25, 0.3) is 0 Å². The van der Waals surface area contributed by atoms with Crippen molar-refractivity contribution in [2.45, 2.75) is 126 Å². The molecule has 0 radical (unpaired) electrons. The third kappa shape index (κ3) is 10.1. The predicted molar refractivity (Wildman–Crippen MR) is 111 cm³/mol. The van der Waals surface area contributed by atoms with Crippen LogP contribution in [0.3, 0.4) is 0 Å². The van der Waals surface area contributed by atoms with Gasteiger partial charge in [0.1, 0.15) is 0 Å². The van der Waals surface area contributed by atoms with E-state index in [1.54, 1.807) is 0 Å². The second-order valence-corrected chi connectivity index (χ2v) is 9.03. The quantitative estimate of drug-likeness (QED) is 0.134. The first kappa shape index (κ1) is 31.3. The first-order chi connectivity index (χ1) is 15.8. The third-order valence-electron chi connectivity index (χ3n) is 6.10. The summed E-state index contributed by atoms with van der Waals surface area (Å²) < 4.78 is 126. The van der Waals surface area contributed by atoms with Gasteiger partial charge >= 0.3 is 23.9 Å². The molecular weight excluding hydrogens is 479 g/mol. The zero-order valence-electron chi connectivity index (χ0n) is 19.5. The fourth-order valence-corrected chi connectivity index (χ4v) is 3.88. The van der Waals surface area contributed by atoms with Gasteiger partial charge in [0.05, 0.1) is 6.10 Å². The Balaban J connectivity index is 1.97. The summed E-state index contributed by atoms with van der Waals surface area (Å²) in [4.78, 5) is 0. The minimum Gasteiger partial charge on any atom is -0.381 e. The van der Waals surface area contributed by atoms with E-state index in [2.05, 4.69) is 0 Å². The van der Waals surface area contributed by atoms with Gasteiger partial charge in [-0.05, 0) is 38.5 Å². The summed E-state index contributed by atoms with van der Waals surface area (Å²) >= 11 is 0. The van der Waals surface area contributed by atoms with E-state index in [4.69, 9.17) is 9.47 Å². The zero-order chi connectivity index (χ0) is 25.7. The molecule has 1 atom stereocenters. The Morgan fingerprint density at radius 2 is 1.15 bits per heavy atom. The van der Waals surface area contributed by atoms with Crippen LogP contribution in [0.1, 0.15) is 96.3 Å². The molecule has 204 valence electrons. The molecule has 0 bridgehead atoms. The smallest absolute Gasteiger partial charge is 0.381 e. The van der Waals surface area contributed by atoms with Gasteiger partial charge in [0.25, 0.3) is 0 Å². The summed E-state index contributed by atoms with van der Waals surface area (Å²) in [6.45, 7) is 2.26. The Morgan fingerprint density at radius 1 is 0.618 bits per heavy atom. The van der Waals surface area contributed by atoms with Crippen LogP contribution in [0.5, 0.6) is 0 Å². The van der Waals surface area contributed by atoms with E-state index in [1.165, 1.54) is 6.42 Å². The second-order valence-electron chi connectivity index (χ2n) is 9.03. The lowest BCUT2D eigenvalue weighted by Gasteiger charge is -2.33. The molecule has 11 heteroatoms. The van der Waals surface area contributed by atoms with Gasteiger partial charge < -0.3 is 9.47 Å². The van der Waals surface area contributed by atoms with Crippen LogP contribution in [0.15, 0.2) is 0 Å². The van der Waals surface area contributed by atoms with Gasteiger partial charge in [-0.1, -0.05) is 51.4 Å². The molecule has 1 unspecified atom stereocenters. The Bertz CT molecular complexity index is 533. The van der Waals surface area contributed by atoms with Crippen molar-refractivity contribution in [1.82, 2.24) is 0 Å². The SMILES string of the molecule is FC(F)(F)C(F)(F)C(F)(F)C(F)(F)CCCCCCCCCCCCOCCC1CCCCO1. The highest BCUT2D eigenvalue weighted by molar-refractivity contribution is 5.00. The van der Waals surface area contributed by atoms with Gasteiger partial charge in [0.2, 0.25) is 0 Å². The molecule has 2 nitrogen and oxygen atoms in total. The fourth-order valence-electron chi connectivity index (χ4n) is 3.88. The highest BCUT2D eigenvalue weighted by atomic mass is 19.4. The molecule has 1 fully saturated rings. The Hall–Kier alpha value is -0.710. The Labute approximate surface area is 195 Å². The number of hydrogen-bond donors (Lipinski definition) is 0. The average Bonchev–Trinajstić information content (AvgIpc) is 2.76. The van der Waals surface area contributed by atoms with Crippen molar-refractivity contribution >= 4 is 0 Å². The molecule has 0 saturated carbocycles. The summed E-state index contributed by atoms with van der Waals surface area (Å²) in [5.41, 5.74) is 0. The normalized spacial score (nSPS) is 18.4. The van der Waals surface area contributed by atoms with Crippen LogP contribution < -0.4 is 0 Å². The molecule has 0 aliphatic carbocycles. The van der Waals surface area contributed by atoms with Crippen LogP contribution in [-0.4, -0.2) is 49.9 Å². The lowest BCUT2D eigenvalue weighted by molar-refractivity contribution is -0.396. The maximum absolute atomic E-state index is 13.4. The van der Waals surface area contributed by atoms with Crippen molar-refractivity contribution in [2.75, 3.05) is 19.8 Å². The van der Waals surface area contributed by atoms with Crippen LogP contribution >= 0.6 is 0 Å². The zero-order valence-corrected chi connectivity index (χ0v) is 19.5. The van der Waals surface area contributed by atoms with E-state index < -0.39 is 36.8 Å². The van der Waals surface area contributed by atoms with E-state index in [9.17, 15) is 39.5 Å². The standard InChI is InChI=1S/C23H37F9O2/c24-20(25,21(26,27)22(28,29)23(30,31)32)15-10-7-5-3-1-2-4-6-8-11-16-33-18-14-19-13-9-12-17-34-19/h19H,1-18H2. The first-order valence-electron chi connectivity index (χ1n) is 12.2. The third-order valence-corrected chi connectivity index (χ3v) is 6.10. The molecule has 1 heterocycles. The summed E-state index contributed by atoms with van der Waals surface area (Å²) in [6.07, 6.45) is 2.60. The van der Waals surface area contributed by atoms with E-state index in [-0.39, 0.29) is 6.42 Å². The highest BCUT2D eigenvalue weighted by Crippen LogP contribution is 2.54. The number of rotatable bonds is 18. The van der Waals surface area contributed by atoms with Crippen molar-refractivity contribution in [2.24, 2.45) is 0 Å². The molecule has 1 saturated heterocycles. The largest absolute Gasteiger partial charge is 0.460 e. The molecule has 0 N–H and O–H groups in total. The van der Waals surface area contributed by atoms with Gasteiger partial charge in [-0.3, -0.25) is 0 Å². The lowest BCUT2D eigenvalue weighted by Crippen LogP contribution is -2.60. The van der Waals surface area contributed by atoms with Gasteiger partial charge in [-0.25, -0.2) is 0 Å². The second kappa shape index (κ2) is 14.8. The van der Waals surface area contributed by atoms with Crippen molar-refractivity contribution in [3.63, 3.8) is 0 Å². The number of halogens is 9. The lowest BCUT2D eigenvalue weighted by atomic mass is 9.97. The minimum absolute atomic E-state index is 0.0620. The van der Waals surface area contributed by atoms with E-state index in [1.807, 2.05) is 0 Å². The summed E-state index contributed by atoms with van der Waals surface area (Å²) in [5, 5.41) is 0. The minimum atomic E-state index is -6.79. The molecule has 0 amide bonds. The molecule has 34 heavy (non-hydrogen) atoms. The van der Waals surface area contributed by atoms with Gasteiger partial charge in [0, 0.05) is 26.2 Å². The molecule has 1 rings (SSSR count). The van der Waals surface area contributed by atoms with E-state index in [0.29, 0.717) is 32.2 Å². The number of hydrogen-bond acceptors (Lipinski definition) is 2. The van der Waals surface area contributed by atoms with Crippen LogP contribution in [-0.2, 0) is 9.47 Å². The molecular formula is C23H37F9O2. The van der Waals surface area contributed by atoms with E-state index in [0.717, 1.165) is 64.4 Å². The van der Waals surface area contributed by atoms with Gasteiger partial charge in [-0.15, -0.1) is 0 Å². The fraction of sp³-hybridized carbons (Fsp3) is 1.00. The monoisotopic (exact) mass is 516 g/mol. The molecule has 0 aromatic heterocycles. The molecule has 0 aromatic rings. The average molecular weight is 517 g/mol. The van der Waals surface area contributed by atoms with Crippen molar-refractivity contribution in [3.8, 4) is 0 Å². The van der Waals surface area contributed by atoms with Crippen LogP contribution in [0, 0.1) is 0 Å². The number of unbranched alkanes of at least 4 members (excludes halogenated alkanes) is 9. The van der Waals surface area contributed by atoms with Crippen molar-refractivity contribution < 1.29 is 49.0 Å². The summed E-state index contributed by atoms with van der Waals surface area (Å²) in [7, 11) is 0. The van der Waals surface area contributed by atoms with Crippen molar-refractivity contribution in [1.29, 1.82) is 0 Å². The highest BCUT2D eigenvalue weighted by Gasteiger charge is 2.81. The van der Waals surface area contributed by atoms with Gasteiger partial charge in [-0.2, -0.15) is 39.5 Å². The van der Waals surface area contributed by atoms with Crippen LogP contribution in [0.2, 0.25) is 0 Å². The summed E-state index contributed by atoms with van der Waals surface area (Å²) in [5.74, 6) is -18.7. The number of alkyl halides is 9. The number of ether oxygens (including phenoxy) is 2. The maximum Gasteiger partial charge on any atom is 0.460 e. The maximum atomic E-state index is 13.4. The van der Waals surface area contributed by atoms with Crippen molar-refractivity contribution in [3.05, 3.63) is 0 Å². The molecule has 0 aromatic carbocycles. The summed E-state index contributed by atoms with van der Waals surface area (Å²) in [6, 6.07) is 0. The van der Waals surface area contributed by atoms with E-state index >= 15 is 0 Å².